The lowest BCUT2D eigenvalue weighted by atomic mass is 10.0. The highest BCUT2D eigenvalue weighted by Gasteiger charge is 2.24. The van der Waals surface area contributed by atoms with Crippen molar-refractivity contribution in [2.75, 3.05) is 0 Å². The predicted octanol–water partition coefficient (Wildman–Crippen LogP) is 3.09. The summed E-state index contributed by atoms with van der Waals surface area (Å²) in [7, 11) is 0. The Morgan fingerprint density at radius 2 is 2.00 bits per heavy atom. The molecule has 0 radical (unpaired) electrons. The molecule has 1 aromatic carbocycles. The number of carbonyl (C=O) groups excluding carboxylic acids is 1. The third-order valence-electron chi connectivity index (χ3n) is 3.28. The van der Waals surface area contributed by atoms with Gasteiger partial charge in [0.15, 0.2) is 0 Å². The number of carbonyl (C=O) groups is 1. The molecule has 0 aliphatic heterocycles. The molecule has 116 valence electrons. The van der Waals surface area contributed by atoms with E-state index in [-0.39, 0.29) is 17.4 Å². The molecule has 1 amide bonds. The first-order valence-electron chi connectivity index (χ1n) is 6.89. The van der Waals surface area contributed by atoms with E-state index in [0.29, 0.717) is 16.7 Å². The van der Waals surface area contributed by atoms with Crippen molar-refractivity contribution >= 4 is 12.0 Å². The molecule has 1 aliphatic carbocycles. The second-order valence-corrected chi connectivity index (χ2v) is 5.28. The van der Waals surface area contributed by atoms with Gasteiger partial charge < -0.3 is 10.1 Å². The number of amides is 1. The Morgan fingerprint density at radius 3 is 2.45 bits per heavy atom. The van der Waals surface area contributed by atoms with E-state index in [1.165, 1.54) is 6.08 Å². The molecule has 1 saturated carbocycles. The van der Waals surface area contributed by atoms with Gasteiger partial charge in [-0.3, -0.25) is 4.79 Å². The highest BCUT2D eigenvalue weighted by atomic mass is 19.3. The number of nitrogens with zero attached hydrogens (tertiary/aromatic N) is 1. The normalized spacial score (nSPS) is 14.6. The van der Waals surface area contributed by atoms with Crippen molar-refractivity contribution in [3.05, 3.63) is 34.4 Å². The molecule has 0 aromatic heterocycles. The van der Waals surface area contributed by atoms with E-state index in [1.54, 1.807) is 26.0 Å². The fourth-order valence-corrected chi connectivity index (χ4v) is 2.15. The Labute approximate surface area is 127 Å². The lowest BCUT2D eigenvalue weighted by Crippen LogP contribution is -2.26. The molecule has 1 N–H and O–H groups in total. The summed E-state index contributed by atoms with van der Waals surface area (Å²) in [5.74, 6) is -0.290. The number of alkyl halides is 2. The highest BCUT2D eigenvalue weighted by Crippen LogP contribution is 2.27. The first-order valence-corrected chi connectivity index (χ1v) is 6.89. The number of benzene rings is 1. The standard InChI is InChI=1S/C16H16F2N2O2/c1-9-5-11(6-10(2)14(9)22-16(17)18)7-12(8-19)15(21)20-13-3-4-13/h5-7,13,16H,3-4H2,1-2H3,(H,20,21)/b12-7+. The van der Waals surface area contributed by atoms with E-state index in [9.17, 15) is 13.6 Å². The van der Waals surface area contributed by atoms with Crippen molar-refractivity contribution < 1.29 is 18.3 Å². The van der Waals surface area contributed by atoms with Gasteiger partial charge >= 0.3 is 6.61 Å². The highest BCUT2D eigenvalue weighted by molar-refractivity contribution is 6.02. The summed E-state index contributed by atoms with van der Waals surface area (Å²) in [5, 5.41) is 11.8. The molecular weight excluding hydrogens is 290 g/mol. The number of halogens is 2. The molecule has 6 heteroatoms. The Hall–Kier alpha value is -2.42. The summed E-state index contributed by atoms with van der Waals surface area (Å²) < 4.78 is 29.2. The van der Waals surface area contributed by atoms with Crippen molar-refractivity contribution in [1.29, 1.82) is 5.26 Å². The third-order valence-corrected chi connectivity index (χ3v) is 3.28. The molecule has 1 aromatic rings. The average molecular weight is 306 g/mol. The number of hydrogen-bond acceptors (Lipinski definition) is 3. The third kappa shape index (κ3) is 4.04. The zero-order valence-electron chi connectivity index (χ0n) is 12.3. The van der Waals surface area contributed by atoms with E-state index in [1.807, 2.05) is 6.07 Å². The van der Waals surface area contributed by atoms with Crippen LogP contribution in [0.4, 0.5) is 8.78 Å². The van der Waals surface area contributed by atoms with Crippen molar-refractivity contribution in [3.63, 3.8) is 0 Å². The van der Waals surface area contributed by atoms with Gasteiger partial charge in [-0.05, 0) is 61.6 Å². The van der Waals surface area contributed by atoms with E-state index < -0.39 is 12.5 Å². The van der Waals surface area contributed by atoms with Gasteiger partial charge in [-0.1, -0.05) is 0 Å². The van der Waals surface area contributed by atoms with Crippen LogP contribution in [-0.2, 0) is 4.79 Å². The topological polar surface area (TPSA) is 62.1 Å². The molecule has 0 atom stereocenters. The minimum absolute atomic E-state index is 0.00627. The van der Waals surface area contributed by atoms with E-state index in [4.69, 9.17) is 5.26 Å². The van der Waals surface area contributed by atoms with Crippen LogP contribution in [0.2, 0.25) is 0 Å². The van der Waals surface area contributed by atoms with Crippen molar-refractivity contribution in [2.24, 2.45) is 0 Å². The maximum atomic E-state index is 12.3. The largest absolute Gasteiger partial charge is 0.434 e. The Kier molecular flexibility index (Phi) is 4.76. The molecule has 2 rings (SSSR count). The molecule has 0 saturated heterocycles. The molecule has 0 spiro atoms. The molecule has 1 fully saturated rings. The fraction of sp³-hybridized carbons (Fsp3) is 0.375. The smallest absolute Gasteiger partial charge is 0.387 e. The van der Waals surface area contributed by atoms with E-state index >= 15 is 0 Å². The second-order valence-electron chi connectivity index (χ2n) is 5.28. The number of aryl methyl sites for hydroxylation is 2. The molecule has 0 unspecified atom stereocenters. The first-order chi connectivity index (χ1) is 10.4. The quantitative estimate of drug-likeness (QED) is 0.671. The number of nitriles is 1. The van der Waals surface area contributed by atoms with Crippen LogP contribution in [0.15, 0.2) is 17.7 Å². The van der Waals surface area contributed by atoms with Crippen molar-refractivity contribution in [2.45, 2.75) is 39.3 Å². The van der Waals surface area contributed by atoms with Crippen LogP contribution in [0.1, 0.15) is 29.5 Å². The summed E-state index contributed by atoms with van der Waals surface area (Å²) in [6.45, 7) is 0.384. The molecule has 4 nitrogen and oxygen atoms in total. The number of ether oxygens (including phenoxy) is 1. The molecule has 0 heterocycles. The predicted molar refractivity (Wildman–Crippen MR) is 77.3 cm³/mol. The van der Waals surface area contributed by atoms with Gasteiger partial charge in [0, 0.05) is 6.04 Å². The van der Waals surface area contributed by atoms with Gasteiger partial charge in [-0.25, -0.2) is 0 Å². The van der Waals surface area contributed by atoms with Crippen LogP contribution in [0.5, 0.6) is 5.75 Å². The van der Waals surface area contributed by atoms with E-state index in [2.05, 4.69) is 10.1 Å². The van der Waals surface area contributed by atoms with E-state index in [0.717, 1.165) is 12.8 Å². The Morgan fingerprint density at radius 1 is 1.41 bits per heavy atom. The van der Waals surface area contributed by atoms with Crippen LogP contribution >= 0.6 is 0 Å². The van der Waals surface area contributed by atoms with Gasteiger partial charge in [0.2, 0.25) is 0 Å². The summed E-state index contributed by atoms with van der Waals surface area (Å²) in [6.07, 6.45) is 3.31. The lowest BCUT2D eigenvalue weighted by molar-refractivity contribution is -0.117. The monoisotopic (exact) mass is 306 g/mol. The van der Waals surface area contributed by atoms with Crippen LogP contribution in [0, 0.1) is 25.2 Å². The van der Waals surface area contributed by atoms with Crippen molar-refractivity contribution in [3.8, 4) is 11.8 Å². The average Bonchev–Trinajstić information content (AvgIpc) is 3.23. The Balaban J connectivity index is 2.25. The Bertz CT molecular complexity index is 636. The zero-order chi connectivity index (χ0) is 16.3. The number of rotatable bonds is 5. The van der Waals surface area contributed by atoms with Crippen LogP contribution in [0.3, 0.4) is 0 Å². The maximum Gasteiger partial charge on any atom is 0.387 e. The van der Waals surface area contributed by atoms with Crippen molar-refractivity contribution in [1.82, 2.24) is 5.32 Å². The number of nitrogens with one attached hydrogen (secondary N) is 1. The minimum atomic E-state index is -2.89. The fourth-order valence-electron chi connectivity index (χ4n) is 2.15. The molecule has 0 bridgehead atoms. The maximum absolute atomic E-state index is 12.3. The van der Waals surface area contributed by atoms with Crippen LogP contribution in [0.25, 0.3) is 6.08 Å². The number of hydrogen-bond donors (Lipinski definition) is 1. The minimum Gasteiger partial charge on any atom is -0.434 e. The van der Waals surface area contributed by atoms with Gasteiger partial charge in [-0.2, -0.15) is 14.0 Å². The summed E-state index contributed by atoms with van der Waals surface area (Å²) in [4.78, 5) is 11.9. The van der Waals surface area contributed by atoms with Gasteiger partial charge in [0.1, 0.15) is 17.4 Å². The first kappa shape index (κ1) is 16.0. The second kappa shape index (κ2) is 6.56. The molecular formula is C16H16F2N2O2. The van der Waals surface area contributed by atoms with Crippen LogP contribution < -0.4 is 10.1 Å². The lowest BCUT2D eigenvalue weighted by Gasteiger charge is -2.12. The molecule has 22 heavy (non-hydrogen) atoms. The molecule has 1 aliphatic rings. The summed E-state index contributed by atoms with van der Waals surface area (Å²) in [5.41, 5.74) is 1.63. The van der Waals surface area contributed by atoms with Gasteiger partial charge in [-0.15, -0.1) is 0 Å². The summed E-state index contributed by atoms with van der Waals surface area (Å²) in [6, 6.07) is 5.24. The van der Waals surface area contributed by atoms with Gasteiger partial charge in [0.25, 0.3) is 5.91 Å². The SMILES string of the molecule is Cc1cc(/C=C(\C#N)C(=O)NC2CC2)cc(C)c1OC(F)F. The zero-order valence-corrected chi connectivity index (χ0v) is 12.3. The summed E-state index contributed by atoms with van der Waals surface area (Å²) >= 11 is 0. The van der Waals surface area contributed by atoms with Crippen LogP contribution in [-0.4, -0.2) is 18.6 Å². The van der Waals surface area contributed by atoms with Gasteiger partial charge in [0.05, 0.1) is 0 Å².